The smallest absolute Gasteiger partial charge is 0.241 e. The van der Waals surface area contributed by atoms with Crippen LogP contribution in [0.3, 0.4) is 0 Å². The molecule has 172 valence electrons. The Morgan fingerprint density at radius 2 is 1.94 bits per heavy atom. The number of nitrogens with zero attached hydrogens (tertiary/aromatic N) is 4. The number of rotatable bonds is 8. The third-order valence-corrected chi connectivity index (χ3v) is 6.20. The van der Waals surface area contributed by atoms with Crippen molar-refractivity contribution in [2.45, 2.75) is 70.9 Å². The summed E-state index contributed by atoms with van der Waals surface area (Å²) in [4.78, 5) is 9.17. The lowest BCUT2D eigenvalue weighted by Gasteiger charge is -2.25. The van der Waals surface area contributed by atoms with Crippen LogP contribution in [0.25, 0.3) is 16.6 Å². The number of ether oxygens (including phenoxy) is 1. The molecule has 3 heterocycles. The number of anilines is 1. The zero-order valence-corrected chi connectivity index (χ0v) is 19.6. The Morgan fingerprint density at radius 3 is 2.66 bits per heavy atom. The van der Waals surface area contributed by atoms with Crippen molar-refractivity contribution in [1.29, 1.82) is 0 Å². The summed E-state index contributed by atoms with van der Waals surface area (Å²) in [6, 6.07) is 6.64. The number of nitrogens with one attached hydrogen (secondary N) is 1. The zero-order chi connectivity index (χ0) is 22.7. The molecule has 0 spiro atoms. The van der Waals surface area contributed by atoms with Gasteiger partial charge in [0.15, 0.2) is 0 Å². The summed E-state index contributed by atoms with van der Waals surface area (Å²) in [7, 11) is 1.69. The van der Waals surface area contributed by atoms with Crippen LogP contribution in [0.2, 0.25) is 0 Å². The lowest BCUT2D eigenvalue weighted by molar-refractivity contribution is 0.121. The van der Waals surface area contributed by atoms with E-state index in [2.05, 4.69) is 58.8 Å². The Bertz CT molecular complexity index is 1040. The fourth-order valence-corrected chi connectivity index (χ4v) is 4.66. The Labute approximate surface area is 190 Å². The molecule has 7 heteroatoms. The maximum atomic E-state index is 10.0. The maximum Gasteiger partial charge on any atom is 0.241 e. The van der Waals surface area contributed by atoms with E-state index in [1.165, 1.54) is 5.69 Å². The van der Waals surface area contributed by atoms with E-state index in [0.29, 0.717) is 24.4 Å². The van der Waals surface area contributed by atoms with Crippen molar-refractivity contribution in [2.24, 2.45) is 5.92 Å². The van der Waals surface area contributed by atoms with E-state index in [9.17, 15) is 5.11 Å². The highest BCUT2D eigenvalue weighted by molar-refractivity contribution is 5.81. The summed E-state index contributed by atoms with van der Waals surface area (Å²) in [5.74, 6) is 1.52. The van der Waals surface area contributed by atoms with Crippen LogP contribution >= 0.6 is 0 Å². The molecule has 1 aliphatic carbocycles. The lowest BCUT2D eigenvalue weighted by Crippen LogP contribution is -2.23. The van der Waals surface area contributed by atoms with Crippen LogP contribution in [-0.2, 0) is 11.2 Å². The minimum atomic E-state index is -0.183. The number of hydrogen-bond acceptors (Lipinski definition) is 6. The summed E-state index contributed by atoms with van der Waals surface area (Å²) < 4.78 is 7.29. The van der Waals surface area contributed by atoms with E-state index >= 15 is 0 Å². The minimum Gasteiger partial charge on any atom is -0.393 e. The van der Waals surface area contributed by atoms with Gasteiger partial charge in [0.1, 0.15) is 0 Å². The second kappa shape index (κ2) is 9.96. The maximum absolute atomic E-state index is 10.0. The molecule has 0 unspecified atom stereocenters. The van der Waals surface area contributed by atoms with Gasteiger partial charge in [-0.05, 0) is 68.7 Å². The van der Waals surface area contributed by atoms with Crippen molar-refractivity contribution >= 4 is 11.5 Å². The molecule has 0 bridgehead atoms. The first-order chi connectivity index (χ1) is 15.4. The van der Waals surface area contributed by atoms with Crippen molar-refractivity contribution in [2.75, 3.05) is 19.0 Å². The number of fused-ring (bicyclic) bond motifs is 1. The van der Waals surface area contributed by atoms with Gasteiger partial charge in [0, 0.05) is 42.2 Å². The first-order valence-corrected chi connectivity index (χ1v) is 11.7. The SMILES string of the molecule is COC[C@H](C)Nc1ncc2c(-c3ccnc(CC(C)C)c3)cc(C3CCC(O)CC3)n2n1. The van der Waals surface area contributed by atoms with E-state index in [4.69, 9.17) is 9.84 Å². The van der Waals surface area contributed by atoms with Crippen LogP contribution < -0.4 is 5.32 Å². The molecule has 32 heavy (non-hydrogen) atoms. The molecule has 2 N–H and O–H groups in total. The highest BCUT2D eigenvalue weighted by Gasteiger charge is 2.25. The van der Waals surface area contributed by atoms with E-state index in [-0.39, 0.29) is 12.1 Å². The highest BCUT2D eigenvalue weighted by atomic mass is 16.5. The fourth-order valence-electron chi connectivity index (χ4n) is 4.66. The minimum absolute atomic E-state index is 0.111. The van der Waals surface area contributed by atoms with Gasteiger partial charge in [0.05, 0.1) is 24.4 Å². The standard InChI is InChI=1S/C25H35N5O2/c1-16(2)11-20-12-19(9-10-26-20)22-13-23(18-5-7-21(31)8-6-18)30-24(22)14-27-25(29-30)28-17(3)15-32-4/h9-10,12-14,16-18,21,31H,5-8,11,15H2,1-4H3,(H,28,29)/t17-,18?,21?/m0/s1. The average Bonchev–Trinajstić information content (AvgIpc) is 3.13. The molecule has 7 nitrogen and oxygen atoms in total. The van der Waals surface area contributed by atoms with E-state index in [0.717, 1.165) is 54.4 Å². The molecule has 1 aliphatic rings. The lowest BCUT2D eigenvalue weighted by atomic mass is 9.85. The molecule has 0 saturated heterocycles. The molecule has 1 atom stereocenters. The second-order valence-corrected chi connectivity index (χ2v) is 9.50. The molecule has 0 aromatic carbocycles. The quantitative estimate of drug-likeness (QED) is 0.541. The van der Waals surface area contributed by atoms with Crippen molar-refractivity contribution in [3.05, 3.63) is 42.0 Å². The van der Waals surface area contributed by atoms with Gasteiger partial charge in [-0.1, -0.05) is 13.8 Å². The summed E-state index contributed by atoms with van der Waals surface area (Å²) >= 11 is 0. The van der Waals surface area contributed by atoms with Gasteiger partial charge in [-0.3, -0.25) is 4.98 Å². The fraction of sp³-hybridized carbons (Fsp3) is 0.560. The normalized spacial score (nSPS) is 20.1. The number of aromatic nitrogens is 4. The predicted octanol–water partition coefficient (Wildman–Crippen LogP) is 4.46. The van der Waals surface area contributed by atoms with Crippen molar-refractivity contribution in [3.63, 3.8) is 0 Å². The molecule has 0 amide bonds. The van der Waals surface area contributed by atoms with Gasteiger partial charge < -0.3 is 15.2 Å². The topological polar surface area (TPSA) is 84.6 Å². The van der Waals surface area contributed by atoms with Crippen LogP contribution in [0.15, 0.2) is 30.6 Å². The predicted molar refractivity (Wildman–Crippen MR) is 127 cm³/mol. The van der Waals surface area contributed by atoms with Crippen LogP contribution in [0, 0.1) is 5.92 Å². The zero-order valence-electron chi connectivity index (χ0n) is 19.6. The number of aliphatic hydroxyl groups excluding tert-OH is 1. The number of aliphatic hydroxyl groups is 1. The summed E-state index contributed by atoms with van der Waals surface area (Å²) in [6.07, 6.45) is 8.18. The van der Waals surface area contributed by atoms with Gasteiger partial charge in [0.25, 0.3) is 0 Å². The molecule has 0 aliphatic heterocycles. The molecule has 3 aromatic heterocycles. The third kappa shape index (κ3) is 5.10. The van der Waals surface area contributed by atoms with E-state index < -0.39 is 0 Å². The summed E-state index contributed by atoms with van der Waals surface area (Å²) in [6.45, 7) is 7.06. The summed E-state index contributed by atoms with van der Waals surface area (Å²) in [5.41, 5.74) is 5.57. The van der Waals surface area contributed by atoms with Gasteiger partial charge in [-0.25, -0.2) is 9.50 Å². The first kappa shape index (κ1) is 22.7. The number of hydrogen-bond donors (Lipinski definition) is 2. The van der Waals surface area contributed by atoms with Crippen molar-refractivity contribution in [1.82, 2.24) is 19.6 Å². The van der Waals surface area contributed by atoms with Crippen LogP contribution in [0.1, 0.15) is 63.8 Å². The van der Waals surface area contributed by atoms with Crippen molar-refractivity contribution in [3.8, 4) is 11.1 Å². The van der Waals surface area contributed by atoms with Gasteiger partial charge in [-0.2, -0.15) is 0 Å². The van der Waals surface area contributed by atoms with E-state index in [1.54, 1.807) is 7.11 Å². The molecular formula is C25H35N5O2. The molecule has 1 fully saturated rings. The number of methoxy groups -OCH3 is 1. The Balaban J connectivity index is 1.76. The molecular weight excluding hydrogens is 402 g/mol. The summed E-state index contributed by atoms with van der Waals surface area (Å²) in [5, 5.41) is 18.2. The third-order valence-electron chi connectivity index (χ3n) is 6.20. The Kier molecular flexibility index (Phi) is 7.06. The molecule has 1 saturated carbocycles. The van der Waals surface area contributed by atoms with Crippen molar-refractivity contribution < 1.29 is 9.84 Å². The van der Waals surface area contributed by atoms with Crippen LogP contribution in [0.4, 0.5) is 5.95 Å². The van der Waals surface area contributed by atoms with Gasteiger partial charge >= 0.3 is 0 Å². The first-order valence-electron chi connectivity index (χ1n) is 11.7. The Morgan fingerprint density at radius 1 is 1.16 bits per heavy atom. The van der Waals surface area contributed by atoms with Gasteiger partial charge in [-0.15, -0.1) is 5.10 Å². The van der Waals surface area contributed by atoms with Crippen LogP contribution in [-0.4, -0.2) is 50.6 Å². The monoisotopic (exact) mass is 437 g/mol. The largest absolute Gasteiger partial charge is 0.393 e. The van der Waals surface area contributed by atoms with E-state index in [1.807, 2.05) is 12.4 Å². The molecule has 4 rings (SSSR count). The van der Waals surface area contributed by atoms with Crippen LogP contribution in [0.5, 0.6) is 0 Å². The molecule has 3 aromatic rings. The highest BCUT2D eigenvalue weighted by Crippen LogP contribution is 2.37. The Hall–Kier alpha value is -2.51. The molecule has 0 radical (unpaired) electrons. The second-order valence-electron chi connectivity index (χ2n) is 9.50. The number of pyridine rings is 1. The average molecular weight is 438 g/mol. The van der Waals surface area contributed by atoms with Gasteiger partial charge in [0.2, 0.25) is 5.95 Å².